The molecular weight excluding hydrogens is 280 g/mol. The molecule has 1 aliphatic heterocycles. The Labute approximate surface area is 121 Å². The molecule has 1 aromatic heterocycles. The van der Waals surface area contributed by atoms with Crippen molar-refractivity contribution in [1.82, 2.24) is 9.80 Å². The second-order valence-electron chi connectivity index (χ2n) is 4.73. The van der Waals surface area contributed by atoms with E-state index in [-0.39, 0.29) is 12.5 Å². The number of amides is 1. The van der Waals surface area contributed by atoms with Gasteiger partial charge >= 0.3 is 5.97 Å². The Kier molecular flexibility index (Phi) is 5.08. The molecule has 20 heavy (non-hydrogen) atoms. The first-order valence-corrected chi connectivity index (χ1v) is 7.54. The van der Waals surface area contributed by atoms with E-state index in [9.17, 15) is 14.7 Å². The molecule has 1 unspecified atom stereocenters. The summed E-state index contributed by atoms with van der Waals surface area (Å²) in [7, 11) is 1.69. The summed E-state index contributed by atoms with van der Waals surface area (Å²) < 4.78 is 5.20. The molecule has 110 valence electrons. The van der Waals surface area contributed by atoms with E-state index in [1.54, 1.807) is 47.0 Å². The second kappa shape index (κ2) is 6.81. The summed E-state index contributed by atoms with van der Waals surface area (Å²) in [6.45, 7) is 1.16. The van der Waals surface area contributed by atoms with E-state index in [1.807, 2.05) is 0 Å². The lowest BCUT2D eigenvalue weighted by Gasteiger charge is -2.32. The van der Waals surface area contributed by atoms with Crippen molar-refractivity contribution < 1.29 is 19.1 Å². The standard InChI is InChI=1S/C13H18N2O4S/c1-14(7-10-3-2-5-19-10)12(16)8-15-4-6-20-9-11(15)13(17)18/h2-3,5,11H,4,6-9H2,1H3,(H,17,18). The fourth-order valence-corrected chi connectivity index (χ4v) is 3.18. The lowest BCUT2D eigenvalue weighted by molar-refractivity contribution is -0.144. The van der Waals surface area contributed by atoms with Crippen molar-refractivity contribution in [2.24, 2.45) is 0 Å². The van der Waals surface area contributed by atoms with E-state index in [0.29, 0.717) is 24.6 Å². The Balaban J connectivity index is 1.90. The Hall–Kier alpha value is -1.47. The summed E-state index contributed by atoms with van der Waals surface area (Å²) in [6, 6.07) is 3.01. The van der Waals surface area contributed by atoms with Gasteiger partial charge in [0.1, 0.15) is 11.8 Å². The number of likely N-dealkylation sites (N-methyl/N-ethyl adjacent to an activating group) is 1. The molecule has 1 amide bonds. The first-order valence-electron chi connectivity index (χ1n) is 6.39. The van der Waals surface area contributed by atoms with Crippen LogP contribution in [-0.2, 0) is 16.1 Å². The first-order chi connectivity index (χ1) is 9.58. The molecule has 7 heteroatoms. The van der Waals surface area contributed by atoms with Crippen LogP contribution in [0.3, 0.4) is 0 Å². The molecule has 2 heterocycles. The summed E-state index contributed by atoms with van der Waals surface area (Å²) in [4.78, 5) is 26.6. The summed E-state index contributed by atoms with van der Waals surface area (Å²) in [5, 5.41) is 9.17. The van der Waals surface area contributed by atoms with Crippen LogP contribution >= 0.6 is 11.8 Å². The van der Waals surface area contributed by atoms with Gasteiger partial charge in [0.2, 0.25) is 5.91 Å². The zero-order valence-electron chi connectivity index (χ0n) is 11.3. The van der Waals surface area contributed by atoms with Crippen LogP contribution in [0.1, 0.15) is 5.76 Å². The minimum atomic E-state index is -0.862. The number of hydrogen-bond acceptors (Lipinski definition) is 5. The van der Waals surface area contributed by atoms with Crippen molar-refractivity contribution in [1.29, 1.82) is 0 Å². The van der Waals surface area contributed by atoms with Crippen LogP contribution in [0.4, 0.5) is 0 Å². The van der Waals surface area contributed by atoms with Gasteiger partial charge in [0.15, 0.2) is 0 Å². The highest BCUT2D eigenvalue weighted by Crippen LogP contribution is 2.17. The van der Waals surface area contributed by atoms with Crippen molar-refractivity contribution in [3.8, 4) is 0 Å². The number of hydrogen-bond donors (Lipinski definition) is 1. The quantitative estimate of drug-likeness (QED) is 0.864. The number of thioether (sulfide) groups is 1. The van der Waals surface area contributed by atoms with Gasteiger partial charge in [-0.15, -0.1) is 0 Å². The van der Waals surface area contributed by atoms with E-state index in [0.717, 1.165) is 5.75 Å². The fraction of sp³-hybridized carbons (Fsp3) is 0.538. The van der Waals surface area contributed by atoms with E-state index in [1.165, 1.54) is 0 Å². The highest BCUT2D eigenvalue weighted by molar-refractivity contribution is 7.99. The summed E-state index contributed by atoms with van der Waals surface area (Å²) in [5.74, 6) is 1.15. The van der Waals surface area contributed by atoms with Gasteiger partial charge in [-0.05, 0) is 12.1 Å². The predicted octanol–water partition coefficient (Wildman–Crippen LogP) is 0.740. The van der Waals surface area contributed by atoms with Crippen LogP contribution in [0.2, 0.25) is 0 Å². The average molecular weight is 298 g/mol. The number of carboxylic acids is 1. The Bertz CT molecular complexity index is 463. The molecule has 0 radical (unpaired) electrons. The van der Waals surface area contributed by atoms with Gasteiger partial charge in [0, 0.05) is 25.1 Å². The molecule has 1 N–H and O–H groups in total. The molecule has 1 saturated heterocycles. The van der Waals surface area contributed by atoms with Crippen molar-refractivity contribution in [2.75, 3.05) is 31.6 Å². The SMILES string of the molecule is CN(Cc1ccco1)C(=O)CN1CCSCC1C(=O)O. The maximum atomic E-state index is 12.1. The van der Waals surface area contributed by atoms with E-state index >= 15 is 0 Å². The molecule has 1 fully saturated rings. The van der Waals surface area contributed by atoms with Gasteiger partial charge in [-0.3, -0.25) is 14.5 Å². The van der Waals surface area contributed by atoms with Gasteiger partial charge in [-0.2, -0.15) is 11.8 Å². The predicted molar refractivity (Wildman–Crippen MR) is 75.5 cm³/mol. The minimum Gasteiger partial charge on any atom is -0.480 e. The summed E-state index contributed by atoms with van der Waals surface area (Å²) in [6.07, 6.45) is 1.57. The largest absolute Gasteiger partial charge is 0.480 e. The summed E-state index contributed by atoms with van der Waals surface area (Å²) in [5.41, 5.74) is 0. The molecule has 0 saturated carbocycles. The van der Waals surface area contributed by atoms with Crippen molar-refractivity contribution >= 4 is 23.6 Å². The molecule has 0 aliphatic carbocycles. The number of carbonyl (C=O) groups excluding carboxylic acids is 1. The highest BCUT2D eigenvalue weighted by atomic mass is 32.2. The van der Waals surface area contributed by atoms with Crippen molar-refractivity contribution in [2.45, 2.75) is 12.6 Å². The van der Waals surface area contributed by atoms with E-state index in [4.69, 9.17) is 4.42 Å². The van der Waals surface area contributed by atoms with E-state index < -0.39 is 12.0 Å². The van der Waals surface area contributed by atoms with Crippen LogP contribution in [0.25, 0.3) is 0 Å². The molecule has 0 spiro atoms. The first kappa shape index (κ1) is 14.9. The van der Waals surface area contributed by atoms with Crippen LogP contribution in [-0.4, -0.2) is 64.5 Å². The number of carboxylic acid groups (broad SMARTS) is 1. The molecular formula is C13H18N2O4S. The Morgan fingerprint density at radius 1 is 1.60 bits per heavy atom. The monoisotopic (exact) mass is 298 g/mol. The van der Waals surface area contributed by atoms with Crippen LogP contribution in [0, 0.1) is 0 Å². The molecule has 1 aromatic rings. The topological polar surface area (TPSA) is 74.0 Å². The number of aliphatic carboxylic acids is 1. The molecule has 0 bridgehead atoms. The minimum absolute atomic E-state index is 0.0976. The number of carbonyl (C=O) groups is 2. The Morgan fingerprint density at radius 2 is 2.40 bits per heavy atom. The van der Waals surface area contributed by atoms with Crippen molar-refractivity contribution in [3.63, 3.8) is 0 Å². The lowest BCUT2D eigenvalue weighted by atomic mass is 10.2. The smallest absolute Gasteiger partial charge is 0.321 e. The fourth-order valence-electron chi connectivity index (χ4n) is 2.07. The highest BCUT2D eigenvalue weighted by Gasteiger charge is 2.30. The third-order valence-electron chi connectivity index (χ3n) is 3.26. The van der Waals surface area contributed by atoms with Crippen molar-refractivity contribution in [3.05, 3.63) is 24.2 Å². The molecule has 6 nitrogen and oxygen atoms in total. The van der Waals surface area contributed by atoms with Gasteiger partial charge in [-0.1, -0.05) is 0 Å². The second-order valence-corrected chi connectivity index (χ2v) is 5.88. The molecule has 2 rings (SSSR count). The van der Waals surface area contributed by atoms with Crippen LogP contribution in [0.5, 0.6) is 0 Å². The maximum absolute atomic E-state index is 12.1. The number of nitrogens with zero attached hydrogens (tertiary/aromatic N) is 2. The van der Waals surface area contributed by atoms with Gasteiger partial charge < -0.3 is 14.4 Å². The third kappa shape index (κ3) is 3.77. The molecule has 0 aromatic carbocycles. The molecule has 1 aliphatic rings. The van der Waals surface area contributed by atoms with Gasteiger partial charge in [0.25, 0.3) is 0 Å². The van der Waals surface area contributed by atoms with Crippen LogP contribution < -0.4 is 0 Å². The molecule has 1 atom stereocenters. The van der Waals surface area contributed by atoms with E-state index in [2.05, 4.69) is 0 Å². The lowest BCUT2D eigenvalue weighted by Crippen LogP contribution is -2.51. The normalized spacial score (nSPS) is 19.8. The average Bonchev–Trinajstić information content (AvgIpc) is 2.91. The number of rotatable bonds is 5. The van der Waals surface area contributed by atoms with Gasteiger partial charge in [0.05, 0.1) is 19.4 Å². The zero-order valence-corrected chi connectivity index (χ0v) is 12.1. The van der Waals surface area contributed by atoms with Crippen LogP contribution in [0.15, 0.2) is 22.8 Å². The number of furan rings is 1. The Morgan fingerprint density at radius 3 is 3.05 bits per heavy atom. The van der Waals surface area contributed by atoms with Gasteiger partial charge in [-0.25, -0.2) is 0 Å². The maximum Gasteiger partial charge on any atom is 0.321 e. The third-order valence-corrected chi connectivity index (χ3v) is 4.28. The summed E-state index contributed by atoms with van der Waals surface area (Å²) >= 11 is 1.61. The zero-order chi connectivity index (χ0) is 14.5.